The molecule has 0 spiro atoms. The smallest absolute Gasteiger partial charge is 0.414 e. The summed E-state index contributed by atoms with van der Waals surface area (Å²) in [5.74, 6) is -2.50. The second kappa shape index (κ2) is 21.0. The van der Waals surface area contributed by atoms with Crippen LogP contribution in [0.2, 0.25) is 0 Å². The summed E-state index contributed by atoms with van der Waals surface area (Å²) in [6.07, 6.45) is -2.01. The number of alkyl carbamates (subject to hydrolysis) is 2. The predicted octanol–water partition coefficient (Wildman–Crippen LogP) is 5.46. The number of urea groups is 1. The molecule has 57 heavy (non-hydrogen) atoms. The number of hydrogen-bond acceptors (Lipinski definition) is 11. The van der Waals surface area contributed by atoms with Crippen LogP contribution in [0, 0.1) is 5.92 Å². The number of benzene rings is 3. The number of carbonyl (C=O) groups excluding carboxylic acids is 6. The molecule has 3 aromatic rings. The molecule has 0 saturated carbocycles. The SMILES string of the molecule is CN(CCN(C)C(=O)N1C(=O)C(CCCN=C(NC(=O)OCc2ccccc2)NC(=O)OCc2ccccc2)C1C(=O)OCc1ccccc1)C(=O)OC(C)(C)C. The minimum Gasteiger partial charge on any atom is -0.459 e. The Hall–Kier alpha value is -6.45. The van der Waals surface area contributed by atoms with Gasteiger partial charge in [0.1, 0.15) is 25.4 Å². The van der Waals surface area contributed by atoms with Crippen molar-refractivity contribution in [2.75, 3.05) is 33.7 Å². The van der Waals surface area contributed by atoms with Crippen LogP contribution in [0.1, 0.15) is 50.3 Å². The largest absolute Gasteiger partial charge is 0.459 e. The quantitative estimate of drug-likeness (QED) is 0.0531. The molecule has 3 aromatic carbocycles. The number of hydrogen-bond donors (Lipinski definition) is 2. The number of carbonyl (C=O) groups is 6. The van der Waals surface area contributed by atoms with Crippen LogP contribution in [0.25, 0.3) is 0 Å². The number of likely N-dealkylation sites (tertiary alicyclic amines) is 1. The van der Waals surface area contributed by atoms with Gasteiger partial charge in [-0.15, -0.1) is 0 Å². The summed E-state index contributed by atoms with van der Waals surface area (Å²) in [6, 6.07) is 25.0. The van der Waals surface area contributed by atoms with Crippen LogP contribution in [0.5, 0.6) is 0 Å². The Morgan fingerprint density at radius 2 is 1.16 bits per heavy atom. The van der Waals surface area contributed by atoms with Crippen molar-refractivity contribution in [3.05, 3.63) is 108 Å². The van der Waals surface area contributed by atoms with Crippen LogP contribution in [0.4, 0.5) is 19.2 Å². The van der Waals surface area contributed by atoms with Crippen LogP contribution in [-0.2, 0) is 48.4 Å². The van der Waals surface area contributed by atoms with Gasteiger partial charge >= 0.3 is 30.3 Å². The van der Waals surface area contributed by atoms with Gasteiger partial charge in [0.15, 0.2) is 6.04 Å². The molecule has 2 unspecified atom stereocenters. The number of nitrogens with one attached hydrogen (secondary N) is 2. The van der Waals surface area contributed by atoms with Crippen LogP contribution < -0.4 is 10.6 Å². The van der Waals surface area contributed by atoms with Gasteiger partial charge in [0.05, 0.1) is 5.92 Å². The van der Waals surface area contributed by atoms with Gasteiger partial charge in [-0.1, -0.05) is 91.0 Å². The lowest BCUT2D eigenvalue weighted by Gasteiger charge is -2.45. The third-order valence-electron chi connectivity index (χ3n) is 8.50. The minimum absolute atomic E-state index is 0.00627. The highest BCUT2D eigenvalue weighted by Gasteiger charge is 2.55. The molecule has 1 fully saturated rings. The topological polar surface area (TPSA) is 185 Å². The van der Waals surface area contributed by atoms with E-state index in [-0.39, 0.29) is 58.3 Å². The maximum atomic E-state index is 13.6. The van der Waals surface area contributed by atoms with Crippen LogP contribution >= 0.6 is 0 Å². The standard InChI is InChI=1S/C41H50N6O10/c1-41(2,3)57-40(53)46(5)25-24-45(4)39(52)47-33(35(49)54-26-29-16-9-6-10-17-29)32(34(47)48)22-15-23-42-36(43-37(50)55-27-30-18-11-7-12-19-30)44-38(51)56-28-31-20-13-8-14-21-31/h6-14,16-21,32-33H,15,22-28H2,1-5H3,(H2,42,43,44,50,51). The Labute approximate surface area is 332 Å². The Kier molecular flexibility index (Phi) is 16.0. The second-order valence-corrected chi connectivity index (χ2v) is 14.2. The molecule has 2 atom stereocenters. The molecule has 4 rings (SSSR count). The predicted molar refractivity (Wildman–Crippen MR) is 208 cm³/mol. The van der Waals surface area contributed by atoms with Crippen molar-refractivity contribution in [1.29, 1.82) is 0 Å². The molecule has 0 aliphatic carbocycles. The third-order valence-corrected chi connectivity index (χ3v) is 8.50. The molecular formula is C41H50N6O10. The fourth-order valence-corrected chi connectivity index (χ4v) is 5.46. The molecule has 1 saturated heterocycles. The van der Waals surface area contributed by atoms with Crippen LogP contribution in [0.3, 0.4) is 0 Å². The fourth-order valence-electron chi connectivity index (χ4n) is 5.46. The van der Waals surface area contributed by atoms with Gasteiger partial charge in [-0.25, -0.2) is 28.9 Å². The van der Waals surface area contributed by atoms with Gasteiger partial charge in [0.25, 0.3) is 0 Å². The van der Waals surface area contributed by atoms with E-state index in [1.807, 2.05) is 18.2 Å². The lowest BCUT2D eigenvalue weighted by atomic mass is 9.83. The first-order chi connectivity index (χ1) is 27.2. The molecular weight excluding hydrogens is 736 g/mol. The van der Waals surface area contributed by atoms with E-state index in [4.69, 9.17) is 18.9 Å². The lowest BCUT2D eigenvalue weighted by Crippen LogP contribution is -2.68. The van der Waals surface area contributed by atoms with Crippen molar-refractivity contribution in [2.24, 2.45) is 10.9 Å². The van der Waals surface area contributed by atoms with E-state index in [0.29, 0.717) is 0 Å². The van der Waals surface area contributed by atoms with E-state index in [9.17, 15) is 28.8 Å². The van der Waals surface area contributed by atoms with Crippen molar-refractivity contribution in [3.63, 3.8) is 0 Å². The molecule has 1 aliphatic heterocycles. The Balaban J connectivity index is 1.40. The number of nitrogens with zero attached hydrogens (tertiary/aromatic N) is 4. The summed E-state index contributed by atoms with van der Waals surface area (Å²) >= 11 is 0. The highest BCUT2D eigenvalue weighted by molar-refractivity contribution is 6.07. The fraction of sp³-hybridized carbons (Fsp3) is 0.390. The van der Waals surface area contributed by atoms with E-state index in [2.05, 4.69) is 15.6 Å². The van der Waals surface area contributed by atoms with Crippen molar-refractivity contribution in [2.45, 2.75) is 65.1 Å². The first-order valence-corrected chi connectivity index (χ1v) is 18.4. The third kappa shape index (κ3) is 14.0. The van der Waals surface area contributed by atoms with Crippen LogP contribution in [0.15, 0.2) is 96.0 Å². The van der Waals surface area contributed by atoms with E-state index >= 15 is 0 Å². The van der Waals surface area contributed by atoms with Gasteiger partial charge in [0, 0.05) is 33.7 Å². The van der Waals surface area contributed by atoms with E-state index in [1.54, 1.807) is 93.6 Å². The monoisotopic (exact) mass is 786 g/mol. The van der Waals surface area contributed by atoms with E-state index in [0.717, 1.165) is 21.6 Å². The summed E-state index contributed by atoms with van der Waals surface area (Å²) in [6.45, 7) is 5.24. The van der Waals surface area contributed by atoms with Gasteiger partial charge in [-0.3, -0.25) is 20.4 Å². The van der Waals surface area contributed by atoms with Crippen molar-refractivity contribution < 1.29 is 47.7 Å². The zero-order valence-electron chi connectivity index (χ0n) is 32.8. The number of guanidine groups is 1. The highest BCUT2D eigenvalue weighted by atomic mass is 16.6. The number of ether oxygens (including phenoxy) is 4. The van der Waals surface area contributed by atoms with Crippen molar-refractivity contribution in [3.8, 4) is 0 Å². The molecule has 6 amide bonds. The number of likely N-dealkylation sites (N-methyl/N-ethyl adjacent to an activating group) is 2. The molecule has 2 N–H and O–H groups in total. The molecule has 304 valence electrons. The maximum Gasteiger partial charge on any atom is 0.414 e. The van der Waals surface area contributed by atoms with Crippen LogP contribution in [-0.4, -0.2) is 102 Å². The van der Waals surface area contributed by atoms with Gasteiger partial charge in [0.2, 0.25) is 11.9 Å². The molecule has 16 heteroatoms. The summed E-state index contributed by atoms with van der Waals surface area (Å²) in [5.41, 5.74) is 1.51. The lowest BCUT2D eigenvalue weighted by molar-refractivity contribution is -0.171. The normalized spacial score (nSPS) is 14.6. The molecule has 1 aliphatic rings. The Morgan fingerprint density at radius 3 is 1.63 bits per heavy atom. The first kappa shape index (κ1) is 43.3. The Morgan fingerprint density at radius 1 is 0.702 bits per heavy atom. The average Bonchev–Trinajstić information content (AvgIpc) is 3.19. The minimum atomic E-state index is -1.22. The molecule has 16 nitrogen and oxygen atoms in total. The number of rotatable bonds is 14. The number of β-lactam (4-membered cyclic amide) rings is 1. The first-order valence-electron chi connectivity index (χ1n) is 18.4. The zero-order chi connectivity index (χ0) is 41.4. The summed E-state index contributed by atoms with van der Waals surface area (Å²) < 4.78 is 21.5. The highest BCUT2D eigenvalue weighted by Crippen LogP contribution is 2.33. The van der Waals surface area contributed by atoms with Crippen molar-refractivity contribution >= 4 is 42.1 Å². The number of imide groups is 1. The molecule has 0 aromatic heterocycles. The molecule has 1 heterocycles. The van der Waals surface area contributed by atoms with Gasteiger partial charge in [-0.2, -0.15) is 0 Å². The number of esters is 1. The summed E-state index contributed by atoms with van der Waals surface area (Å²) in [4.78, 5) is 86.0. The average molecular weight is 787 g/mol. The van der Waals surface area contributed by atoms with E-state index in [1.165, 1.54) is 23.9 Å². The number of aliphatic imine (C=N–C) groups is 1. The summed E-state index contributed by atoms with van der Waals surface area (Å²) in [5, 5.41) is 4.84. The maximum absolute atomic E-state index is 13.6. The second-order valence-electron chi connectivity index (χ2n) is 14.2. The number of amides is 6. The van der Waals surface area contributed by atoms with Crippen molar-refractivity contribution in [1.82, 2.24) is 25.3 Å². The Bertz CT molecular complexity index is 1790. The zero-order valence-corrected chi connectivity index (χ0v) is 32.8. The molecule has 0 bridgehead atoms. The van der Waals surface area contributed by atoms with E-state index < -0.39 is 53.7 Å². The molecule has 0 radical (unpaired) electrons. The van der Waals surface area contributed by atoms with Gasteiger partial charge in [-0.05, 0) is 50.3 Å². The van der Waals surface area contributed by atoms with Gasteiger partial charge < -0.3 is 28.7 Å². The summed E-state index contributed by atoms with van der Waals surface area (Å²) in [7, 11) is 2.99.